The molecule has 0 unspecified atom stereocenters. The fourth-order valence-electron chi connectivity index (χ4n) is 4.24. The molecule has 3 heterocycles. The molecule has 3 aromatic rings. The molecule has 2 aromatic heterocycles. The van der Waals surface area contributed by atoms with Gasteiger partial charge in [0, 0.05) is 17.0 Å². The van der Waals surface area contributed by atoms with Crippen molar-refractivity contribution in [1.82, 2.24) is 20.2 Å². The summed E-state index contributed by atoms with van der Waals surface area (Å²) in [5.74, 6) is 2.51. The predicted molar refractivity (Wildman–Crippen MR) is 119 cm³/mol. The summed E-state index contributed by atoms with van der Waals surface area (Å²) in [4.78, 5) is 5.33. The standard InChI is InChI=1S/C22H30N6OS/c1-17(2)15-21(22-23-24-25-28(22)16-20-5-4-14-30-20)27-12-10-26(11-13-27)18-6-8-19(29-3)9-7-18/h4-9,14,17,21H,10-13,15-16H2,1-3H3/p+1/t21-/m0/s1. The third kappa shape index (κ3) is 4.82. The van der Waals surface area contributed by atoms with Gasteiger partial charge >= 0.3 is 0 Å². The summed E-state index contributed by atoms with van der Waals surface area (Å²) in [6, 6.07) is 12.9. The van der Waals surface area contributed by atoms with E-state index in [1.54, 1.807) is 23.3 Å². The van der Waals surface area contributed by atoms with Gasteiger partial charge in [-0.2, -0.15) is 0 Å². The molecule has 0 saturated carbocycles. The van der Waals surface area contributed by atoms with Crippen LogP contribution in [0.4, 0.5) is 5.69 Å². The van der Waals surface area contributed by atoms with Crippen molar-refractivity contribution < 1.29 is 9.64 Å². The molecule has 0 radical (unpaired) electrons. The summed E-state index contributed by atoms with van der Waals surface area (Å²) in [7, 11) is 1.71. The Kier molecular flexibility index (Phi) is 6.64. The highest BCUT2D eigenvalue weighted by atomic mass is 32.1. The summed E-state index contributed by atoms with van der Waals surface area (Å²) in [5, 5.41) is 14.9. The Morgan fingerprint density at radius 2 is 1.90 bits per heavy atom. The molecular formula is C22H31N6OS+. The molecule has 1 fully saturated rings. The largest absolute Gasteiger partial charge is 0.497 e. The molecule has 1 atom stereocenters. The van der Waals surface area contributed by atoms with E-state index >= 15 is 0 Å². The lowest BCUT2D eigenvalue weighted by Crippen LogP contribution is -3.15. The molecule has 1 saturated heterocycles. The van der Waals surface area contributed by atoms with Crippen LogP contribution in [-0.4, -0.2) is 53.5 Å². The van der Waals surface area contributed by atoms with Gasteiger partial charge in [-0.3, -0.25) is 0 Å². The van der Waals surface area contributed by atoms with Crippen molar-refractivity contribution in [2.75, 3.05) is 38.2 Å². The van der Waals surface area contributed by atoms with Crippen LogP contribution in [0.2, 0.25) is 0 Å². The number of hydrogen-bond donors (Lipinski definition) is 1. The number of hydrogen-bond acceptors (Lipinski definition) is 6. The van der Waals surface area contributed by atoms with Gasteiger partial charge in [0.05, 0.1) is 39.8 Å². The minimum absolute atomic E-state index is 0.318. The highest BCUT2D eigenvalue weighted by Crippen LogP contribution is 2.21. The summed E-state index contributed by atoms with van der Waals surface area (Å²) in [6.07, 6.45) is 1.09. The quantitative estimate of drug-likeness (QED) is 0.598. The number of nitrogens with zero attached hydrogens (tertiary/aromatic N) is 5. The van der Waals surface area contributed by atoms with Crippen LogP contribution in [0.1, 0.15) is 37.0 Å². The molecule has 0 bridgehead atoms. The third-order valence-corrected chi connectivity index (χ3v) is 6.66. The van der Waals surface area contributed by atoms with Gasteiger partial charge in [-0.25, -0.2) is 4.68 Å². The molecule has 7 nitrogen and oxygen atoms in total. The van der Waals surface area contributed by atoms with Gasteiger partial charge in [-0.1, -0.05) is 19.9 Å². The van der Waals surface area contributed by atoms with E-state index < -0.39 is 0 Å². The van der Waals surface area contributed by atoms with Crippen LogP contribution in [-0.2, 0) is 6.54 Å². The minimum atomic E-state index is 0.318. The Morgan fingerprint density at radius 1 is 1.13 bits per heavy atom. The number of aromatic nitrogens is 4. The summed E-state index contributed by atoms with van der Waals surface area (Å²) < 4.78 is 7.29. The van der Waals surface area contributed by atoms with Gasteiger partial charge in [0.1, 0.15) is 11.8 Å². The van der Waals surface area contributed by atoms with Crippen LogP contribution in [0.5, 0.6) is 5.75 Å². The second-order valence-corrected chi connectivity index (χ2v) is 9.33. The first-order valence-corrected chi connectivity index (χ1v) is 11.5. The maximum atomic E-state index is 5.29. The van der Waals surface area contributed by atoms with Crippen molar-refractivity contribution in [2.24, 2.45) is 5.92 Å². The Morgan fingerprint density at radius 3 is 2.53 bits per heavy atom. The van der Waals surface area contributed by atoms with Gasteiger partial charge in [0.25, 0.3) is 0 Å². The SMILES string of the molecule is COc1ccc(N2CC[NH+]([C@@H](CC(C)C)c3nnnn3Cc3cccs3)CC2)cc1. The van der Waals surface area contributed by atoms with Gasteiger partial charge in [-0.05, 0) is 52.1 Å². The van der Waals surface area contributed by atoms with E-state index in [0.29, 0.717) is 12.0 Å². The zero-order valence-electron chi connectivity index (χ0n) is 18.0. The number of thiophene rings is 1. The monoisotopic (exact) mass is 427 g/mol. The molecule has 4 rings (SSSR count). The number of anilines is 1. The molecule has 1 aliphatic heterocycles. The summed E-state index contributed by atoms with van der Waals surface area (Å²) in [6.45, 7) is 9.54. The number of piperazine rings is 1. The number of methoxy groups -OCH3 is 1. The summed E-state index contributed by atoms with van der Waals surface area (Å²) >= 11 is 1.75. The predicted octanol–water partition coefficient (Wildman–Crippen LogP) is 2.28. The van der Waals surface area contributed by atoms with Gasteiger partial charge in [0.2, 0.25) is 5.82 Å². The number of nitrogens with one attached hydrogen (secondary N) is 1. The third-order valence-electron chi connectivity index (χ3n) is 5.80. The molecule has 1 aromatic carbocycles. The highest BCUT2D eigenvalue weighted by Gasteiger charge is 2.33. The maximum absolute atomic E-state index is 5.29. The van der Waals surface area contributed by atoms with Crippen molar-refractivity contribution in [3.8, 4) is 5.75 Å². The molecule has 1 N–H and O–H groups in total. The maximum Gasteiger partial charge on any atom is 0.209 e. The van der Waals surface area contributed by atoms with Crippen molar-refractivity contribution in [3.05, 3.63) is 52.5 Å². The van der Waals surface area contributed by atoms with Crippen LogP contribution in [0.25, 0.3) is 0 Å². The lowest BCUT2D eigenvalue weighted by Gasteiger charge is -2.37. The number of rotatable bonds is 8. The lowest BCUT2D eigenvalue weighted by atomic mass is 10.0. The first kappa shape index (κ1) is 20.8. The van der Waals surface area contributed by atoms with Gasteiger partial charge in [0.15, 0.2) is 0 Å². The fraction of sp³-hybridized carbons (Fsp3) is 0.500. The average molecular weight is 428 g/mol. The van der Waals surface area contributed by atoms with Crippen molar-refractivity contribution >= 4 is 17.0 Å². The number of ether oxygens (including phenoxy) is 1. The summed E-state index contributed by atoms with van der Waals surface area (Å²) in [5.41, 5.74) is 1.26. The van der Waals surface area contributed by atoms with E-state index in [4.69, 9.17) is 4.74 Å². The van der Waals surface area contributed by atoms with Crippen LogP contribution < -0.4 is 14.5 Å². The van der Waals surface area contributed by atoms with Crippen LogP contribution in [0, 0.1) is 5.92 Å². The zero-order valence-corrected chi connectivity index (χ0v) is 18.8. The van der Waals surface area contributed by atoms with Crippen molar-refractivity contribution in [3.63, 3.8) is 0 Å². The van der Waals surface area contributed by atoms with Crippen LogP contribution in [0.15, 0.2) is 41.8 Å². The Hall–Kier alpha value is -2.45. The van der Waals surface area contributed by atoms with E-state index in [9.17, 15) is 0 Å². The van der Waals surface area contributed by atoms with Crippen LogP contribution >= 0.6 is 11.3 Å². The first-order valence-electron chi connectivity index (χ1n) is 10.7. The number of tetrazole rings is 1. The van der Waals surface area contributed by atoms with E-state index in [-0.39, 0.29) is 0 Å². The Bertz CT molecular complexity index is 900. The van der Waals surface area contributed by atoms with E-state index in [1.807, 2.05) is 16.8 Å². The molecule has 0 amide bonds. The average Bonchev–Trinajstić information content (AvgIpc) is 3.45. The van der Waals surface area contributed by atoms with Crippen molar-refractivity contribution in [1.29, 1.82) is 0 Å². The molecule has 30 heavy (non-hydrogen) atoms. The fourth-order valence-corrected chi connectivity index (χ4v) is 4.93. The smallest absolute Gasteiger partial charge is 0.209 e. The normalized spacial score (nSPS) is 16.2. The molecular weight excluding hydrogens is 396 g/mol. The van der Waals surface area contributed by atoms with Crippen LogP contribution in [0.3, 0.4) is 0 Å². The second kappa shape index (κ2) is 9.57. The molecule has 1 aliphatic rings. The first-order chi connectivity index (χ1) is 14.6. The Balaban J connectivity index is 1.47. The molecule has 0 aliphatic carbocycles. The lowest BCUT2D eigenvalue weighted by molar-refractivity contribution is -0.934. The zero-order chi connectivity index (χ0) is 20.9. The second-order valence-electron chi connectivity index (χ2n) is 8.30. The minimum Gasteiger partial charge on any atom is -0.497 e. The molecule has 8 heteroatoms. The topological polar surface area (TPSA) is 60.5 Å². The highest BCUT2D eigenvalue weighted by molar-refractivity contribution is 7.09. The number of quaternary nitrogens is 1. The van der Waals surface area contributed by atoms with Crippen molar-refractivity contribution in [2.45, 2.75) is 32.9 Å². The van der Waals surface area contributed by atoms with E-state index in [0.717, 1.165) is 50.7 Å². The molecule has 160 valence electrons. The molecule has 0 spiro atoms. The van der Waals surface area contributed by atoms with E-state index in [1.165, 1.54) is 10.6 Å². The van der Waals surface area contributed by atoms with Gasteiger partial charge in [-0.15, -0.1) is 16.4 Å². The Labute approximate surface area is 182 Å². The van der Waals surface area contributed by atoms with Gasteiger partial charge < -0.3 is 14.5 Å². The van der Waals surface area contributed by atoms with E-state index in [2.05, 4.69) is 63.9 Å². The number of benzene rings is 1.